The number of nitrogens with two attached hydrogens (primary N) is 1. The van der Waals surface area contributed by atoms with E-state index < -0.39 is 0 Å². The Morgan fingerprint density at radius 3 is 2.70 bits per heavy atom. The van der Waals surface area contributed by atoms with Gasteiger partial charge in [0.15, 0.2) is 11.8 Å². The van der Waals surface area contributed by atoms with Crippen molar-refractivity contribution in [2.75, 3.05) is 13.7 Å². The number of methoxy groups -OCH3 is 1. The van der Waals surface area contributed by atoms with E-state index in [4.69, 9.17) is 10.5 Å². The smallest absolute Gasteiger partial charge is 0.189 e. The van der Waals surface area contributed by atoms with Crippen molar-refractivity contribution in [3.63, 3.8) is 0 Å². The summed E-state index contributed by atoms with van der Waals surface area (Å²) in [5, 5.41) is 9.98. The highest BCUT2D eigenvalue weighted by Crippen LogP contribution is 2.18. The molecule has 124 valence electrons. The van der Waals surface area contributed by atoms with Crippen LogP contribution in [0.4, 0.5) is 0 Å². The molecule has 0 saturated carbocycles. The SMILES string of the molecule is C=C(C)CNC(N)=NCc1nc(-c2ccc(OC)cc2)n[nH]1.I. The molecule has 4 N–H and O–H groups in total. The van der Waals surface area contributed by atoms with Crippen LogP contribution in [-0.2, 0) is 6.54 Å². The summed E-state index contributed by atoms with van der Waals surface area (Å²) in [5.74, 6) is 2.40. The van der Waals surface area contributed by atoms with Crippen LogP contribution in [0.3, 0.4) is 0 Å². The second kappa shape index (κ2) is 9.13. The van der Waals surface area contributed by atoms with Crippen LogP contribution in [0.2, 0.25) is 0 Å². The number of ether oxygens (including phenoxy) is 1. The number of aromatic amines is 1. The Morgan fingerprint density at radius 1 is 1.39 bits per heavy atom. The first kappa shape index (κ1) is 18.9. The van der Waals surface area contributed by atoms with Crippen LogP contribution in [0.25, 0.3) is 11.4 Å². The molecule has 0 saturated heterocycles. The van der Waals surface area contributed by atoms with Crippen LogP contribution in [0.1, 0.15) is 12.7 Å². The first-order valence-electron chi connectivity index (χ1n) is 6.82. The molecule has 1 heterocycles. The van der Waals surface area contributed by atoms with Crippen LogP contribution < -0.4 is 15.8 Å². The predicted octanol–water partition coefficient (Wildman–Crippen LogP) is 2.08. The average molecular weight is 428 g/mol. The lowest BCUT2D eigenvalue weighted by Crippen LogP contribution is -2.32. The fourth-order valence-electron chi connectivity index (χ4n) is 1.69. The highest BCUT2D eigenvalue weighted by molar-refractivity contribution is 14.0. The number of hydrogen-bond acceptors (Lipinski definition) is 4. The second-order valence-corrected chi connectivity index (χ2v) is 4.85. The molecule has 0 bridgehead atoms. The number of hydrogen-bond donors (Lipinski definition) is 3. The molecule has 2 rings (SSSR count). The highest BCUT2D eigenvalue weighted by Gasteiger charge is 2.06. The van der Waals surface area contributed by atoms with Crippen molar-refractivity contribution in [2.45, 2.75) is 13.5 Å². The van der Waals surface area contributed by atoms with E-state index in [1.54, 1.807) is 7.11 Å². The quantitative estimate of drug-likeness (QED) is 0.283. The monoisotopic (exact) mass is 428 g/mol. The van der Waals surface area contributed by atoms with Gasteiger partial charge in [0, 0.05) is 12.1 Å². The fourth-order valence-corrected chi connectivity index (χ4v) is 1.69. The minimum atomic E-state index is 0. The van der Waals surface area contributed by atoms with Crippen molar-refractivity contribution < 1.29 is 4.74 Å². The largest absolute Gasteiger partial charge is 0.497 e. The van der Waals surface area contributed by atoms with Gasteiger partial charge in [0.25, 0.3) is 0 Å². The van der Waals surface area contributed by atoms with E-state index in [1.807, 2.05) is 31.2 Å². The van der Waals surface area contributed by atoms with Crippen molar-refractivity contribution in [1.29, 1.82) is 0 Å². The van der Waals surface area contributed by atoms with Crippen LogP contribution in [-0.4, -0.2) is 34.8 Å². The summed E-state index contributed by atoms with van der Waals surface area (Å²) in [4.78, 5) is 8.58. The molecular formula is C15H21IN6O. The number of H-pyrrole nitrogens is 1. The zero-order valence-electron chi connectivity index (χ0n) is 13.2. The zero-order valence-corrected chi connectivity index (χ0v) is 15.5. The average Bonchev–Trinajstić information content (AvgIpc) is 3.00. The van der Waals surface area contributed by atoms with Crippen molar-refractivity contribution in [3.05, 3.63) is 42.2 Å². The summed E-state index contributed by atoms with van der Waals surface area (Å²) in [6.07, 6.45) is 0. The highest BCUT2D eigenvalue weighted by atomic mass is 127. The maximum Gasteiger partial charge on any atom is 0.189 e. The third-order valence-corrected chi connectivity index (χ3v) is 2.85. The number of nitrogens with zero attached hydrogens (tertiary/aromatic N) is 3. The van der Waals surface area contributed by atoms with Crippen molar-refractivity contribution in [1.82, 2.24) is 20.5 Å². The topological polar surface area (TPSA) is 101 Å². The summed E-state index contributed by atoms with van der Waals surface area (Å²) in [6, 6.07) is 7.53. The van der Waals surface area contributed by atoms with Gasteiger partial charge in [0.05, 0.1) is 7.11 Å². The number of guanidine groups is 1. The van der Waals surface area contributed by atoms with Gasteiger partial charge < -0.3 is 15.8 Å². The van der Waals surface area contributed by atoms with Gasteiger partial charge in [-0.15, -0.1) is 24.0 Å². The molecule has 0 aliphatic heterocycles. The van der Waals surface area contributed by atoms with E-state index in [0.717, 1.165) is 16.9 Å². The Labute approximate surface area is 152 Å². The van der Waals surface area contributed by atoms with Crippen LogP contribution in [0, 0.1) is 0 Å². The van der Waals surface area contributed by atoms with Gasteiger partial charge in [-0.2, -0.15) is 5.10 Å². The first-order valence-corrected chi connectivity index (χ1v) is 6.82. The predicted molar refractivity (Wildman–Crippen MR) is 102 cm³/mol. The Kier molecular flexibility index (Phi) is 7.52. The van der Waals surface area contributed by atoms with Crippen molar-refractivity contribution in [2.24, 2.45) is 10.7 Å². The van der Waals surface area contributed by atoms with Crippen molar-refractivity contribution in [3.8, 4) is 17.1 Å². The third kappa shape index (κ3) is 5.89. The second-order valence-electron chi connectivity index (χ2n) is 4.85. The van der Waals surface area contributed by atoms with Crippen LogP contribution in [0.15, 0.2) is 41.4 Å². The molecule has 0 aliphatic carbocycles. The van der Waals surface area contributed by atoms with Gasteiger partial charge >= 0.3 is 0 Å². The number of aliphatic imine (C=N–C) groups is 1. The molecular weight excluding hydrogens is 407 g/mol. The van der Waals surface area contributed by atoms with E-state index in [2.05, 4.69) is 32.1 Å². The minimum Gasteiger partial charge on any atom is -0.497 e. The molecule has 23 heavy (non-hydrogen) atoms. The molecule has 0 unspecified atom stereocenters. The van der Waals surface area contributed by atoms with E-state index in [-0.39, 0.29) is 24.0 Å². The van der Waals surface area contributed by atoms with E-state index in [1.165, 1.54) is 0 Å². The number of benzene rings is 1. The maximum absolute atomic E-state index is 5.74. The maximum atomic E-state index is 5.74. The lowest BCUT2D eigenvalue weighted by Gasteiger charge is -2.03. The fraction of sp³-hybridized carbons (Fsp3) is 0.267. The summed E-state index contributed by atoms with van der Waals surface area (Å²) < 4.78 is 5.12. The van der Waals surface area contributed by atoms with Crippen molar-refractivity contribution >= 4 is 29.9 Å². The number of nitrogens with one attached hydrogen (secondary N) is 2. The number of aromatic nitrogens is 3. The Bertz CT molecular complexity index is 665. The van der Waals surface area contributed by atoms with E-state index >= 15 is 0 Å². The minimum absolute atomic E-state index is 0. The Balaban J connectivity index is 0.00000264. The molecule has 7 nitrogen and oxygen atoms in total. The van der Waals surface area contributed by atoms with E-state index in [0.29, 0.717) is 30.7 Å². The third-order valence-electron chi connectivity index (χ3n) is 2.85. The molecule has 2 aromatic rings. The molecule has 1 aromatic carbocycles. The molecule has 8 heteroatoms. The van der Waals surface area contributed by atoms with Gasteiger partial charge in [0.2, 0.25) is 0 Å². The molecule has 0 spiro atoms. The summed E-state index contributed by atoms with van der Waals surface area (Å²) >= 11 is 0. The Hall–Kier alpha value is -2.10. The Morgan fingerprint density at radius 2 is 2.09 bits per heavy atom. The molecule has 0 radical (unpaired) electrons. The van der Waals surface area contributed by atoms with Gasteiger partial charge in [-0.25, -0.2) is 9.98 Å². The summed E-state index contributed by atoms with van der Waals surface area (Å²) in [7, 11) is 1.63. The normalized spacial score (nSPS) is 10.8. The van der Waals surface area contributed by atoms with Gasteiger partial charge in [-0.1, -0.05) is 12.2 Å². The lowest BCUT2D eigenvalue weighted by molar-refractivity contribution is 0.415. The molecule has 0 aliphatic rings. The lowest BCUT2D eigenvalue weighted by atomic mass is 10.2. The standard InChI is InChI=1S/C15H20N6O.HI/c1-10(2)8-17-15(16)18-9-13-19-14(21-20-13)11-4-6-12(22-3)7-5-11;/h4-7H,1,8-9H2,2-3H3,(H3,16,17,18)(H,19,20,21);1H. The number of halogens is 1. The summed E-state index contributed by atoms with van der Waals surface area (Å²) in [6.45, 7) is 6.63. The van der Waals surface area contributed by atoms with E-state index in [9.17, 15) is 0 Å². The first-order chi connectivity index (χ1) is 10.6. The van der Waals surface area contributed by atoms with Gasteiger partial charge in [-0.05, 0) is 31.2 Å². The van der Waals surface area contributed by atoms with Crippen LogP contribution >= 0.6 is 24.0 Å². The molecule has 0 fully saturated rings. The molecule has 0 amide bonds. The van der Waals surface area contributed by atoms with Crippen LogP contribution in [0.5, 0.6) is 5.75 Å². The number of rotatable bonds is 6. The van der Waals surface area contributed by atoms with Gasteiger partial charge in [0.1, 0.15) is 18.1 Å². The molecule has 1 aromatic heterocycles. The zero-order chi connectivity index (χ0) is 15.9. The summed E-state index contributed by atoms with van der Waals surface area (Å²) in [5.41, 5.74) is 7.63. The van der Waals surface area contributed by atoms with Gasteiger partial charge in [-0.3, -0.25) is 5.10 Å². The molecule has 0 atom stereocenters.